The number of hydrogen-bond donors (Lipinski definition) is 0. The first-order chi connectivity index (χ1) is 11.2. The minimum absolute atomic E-state index is 0.0298. The van der Waals surface area contributed by atoms with Gasteiger partial charge < -0.3 is 19.3 Å². The van der Waals surface area contributed by atoms with Gasteiger partial charge in [-0.3, -0.25) is 4.79 Å². The molecule has 2 aliphatic heterocycles. The van der Waals surface area contributed by atoms with E-state index in [9.17, 15) is 4.79 Å². The molecule has 23 heavy (non-hydrogen) atoms. The first kappa shape index (κ1) is 18.2. The van der Waals surface area contributed by atoms with Crippen LogP contribution >= 0.6 is 0 Å². The van der Waals surface area contributed by atoms with Crippen molar-refractivity contribution >= 4 is 5.91 Å². The Hall–Kier alpha value is -1.17. The van der Waals surface area contributed by atoms with Gasteiger partial charge in [-0.15, -0.1) is 0 Å². The maximum Gasteiger partial charge on any atom is 0.246 e. The van der Waals surface area contributed by atoms with Gasteiger partial charge in [-0.1, -0.05) is 18.7 Å². The normalized spacial score (nSPS) is 24.6. The van der Waals surface area contributed by atoms with Gasteiger partial charge in [-0.05, 0) is 38.8 Å². The minimum Gasteiger partial charge on any atom is -0.377 e. The molecule has 0 saturated carbocycles. The molecular weight excluding hydrogens is 292 g/mol. The highest BCUT2D eigenvalue weighted by molar-refractivity contribution is 5.87. The van der Waals surface area contributed by atoms with Gasteiger partial charge in [-0.25, -0.2) is 0 Å². The van der Waals surface area contributed by atoms with Crippen molar-refractivity contribution < 1.29 is 14.3 Å². The smallest absolute Gasteiger partial charge is 0.246 e. The summed E-state index contributed by atoms with van der Waals surface area (Å²) < 4.78 is 11.3. The molecule has 0 aromatic heterocycles. The summed E-state index contributed by atoms with van der Waals surface area (Å²) in [7, 11) is 2.10. The van der Waals surface area contributed by atoms with Gasteiger partial charge in [0.2, 0.25) is 5.91 Å². The molecule has 0 spiro atoms. The third-order valence-corrected chi connectivity index (χ3v) is 4.38. The number of rotatable bonds is 9. The molecule has 2 atom stereocenters. The molecule has 1 amide bonds. The summed E-state index contributed by atoms with van der Waals surface area (Å²) in [4.78, 5) is 16.0. The number of carbonyl (C=O) groups is 1. The zero-order chi connectivity index (χ0) is 16.5. The number of ether oxygens (including phenoxy) is 2. The highest BCUT2D eigenvalue weighted by Gasteiger charge is 2.20. The van der Waals surface area contributed by atoms with Crippen LogP contribution in [0.5, 0.6) is 0 Å². The highest BCUT2D eigenvalue weighted by atomic mass is 16.5. The van der Waals surface area contributed by atoms with Gasteiger partial charge in [-0.2, -0.15) is 0 Å². The van der Waals surface area contributed by atoms with Crippen LogP contribution in [-0.2, 0) is 14.3 Å². The number of nitrogens with zero attached hydrogens (tertiary/aromatic N) is 2. The first-order valence-corrected chi connectivity index (χ1v) is 8.67. The van der Waals surface area contributed by atoms with Crippen molar-refractivity contribution in [2.75, 3.05) is 46.4 Å². The predicted octanol–water partition coefficient (Wildman–Crippen LogP) is 1.85. The van der Waals surface area contributed by atoms with Crippen LogP contribution in [0.15, 0.2) is 24.8 Å². The van der Waals surface area contributed by atoms with Gasteiger partial charge in [0.1, 0.15) is 0 Å². The van der Waals surface area contributed by atoms with Crippen LogP contribution in [0.25, 0.3) is 0 Å². The van der Waals surface area contributed by atoms with Crippen molar-refractivity contribution in [2.24, 2.45) is 0 Å². The maximum absolute atomic E-state index is 11.9. The van der Waals surface area contributed by atoms with E-state index >= 15 is 0 Å². The molecule has 0 N–H and O–H groups in total. The van der Waals surface area contributed by atoms with Crippen LogP contribution < -0.4 is 0 Å². The maximum atomic E-state index is 11.9. The molecule has 2 aliphatic rings. The molecule has 0 bridgehead atoms. The Kier molecular flexibility index (Phi) is 7.79. The first-order valence-electron chi connectivity index (χ1n) is 8.67. The lowest BCUT2D eigenvalue weighted by atomic mass is 10.2. The summed E-state index contributed by atoms with van der Waals surface area (Å²) in [6, 6.07) is 0. The molecule has 0 aromatic carbocycles. The fraction of sp³-hybridized carbons (Fsp3) is 0.722. The molecule has 2 heterocycles. The van der Waals surface area contributed by atoms with Gasteiger partial charge in [0.05, 0.1) is 12.2 Å². The summed E-state index contributed by atoms with van der Waals surface area (Å²) >= 11 is 0. The summed E-state index contributed by atoms with van der Waals surface area (Å²) in [5.41, 5.74) is 0. The third-order valence-electron chi connectivity index (χ3n) is 4.38. The Morgan fingerprint density at radius 1 is 1.09 bits per heavy atom. The zero-order valence-corrected chi connectivity index (χ0v) is 14.3. The van der Waals surface area contributed by atoms with E-state index in [1.807, 2.05) is 0 Å². The van der Waals surface area contributed by atoms with E-state index in [0.29, 0.717) is 19.2 Å². The fourth-order valence-electron chi connectivity index (χ4n) is 3.08. The minimum atomic E-state index is -0.0298. The molecule has 0 aromatic rings. The average molecular weight is 322 g/mol. The third kappa shape index (κ3) is 6.45. The number of amides is 1. The zero-order valence-electron chi connectivity index (χ0n) is 14.3. The van der Waals surface area contributed by atoms with Gasteiger partial charge >= 0.3 is 0 Å². The van der Waals surface area contributed by atoms with E-state index in [-0.39, 0.29) is 12.0 Å². The van der Waals surface area contributed by atoms with Crippen molar-refractivity contribution in [3.63, 3.8) is 0 Å². The van der Waals surface area contributed by atoms with Crippen LogP contribution in [0.1, 0.15) is 25.7 Å². The molecule has 130 valence electrons. The van der Waals surface area contributed by atoms with E-state index in [1.165, 1.54) is 12.5 Å². The molecule has 2 unspecified atom stereocenters. The second kappa shape index (κ2) is 9.85. The largest absolute Gasteiger partial charge is 0.377 e. The number of likely N-dealkylation sites (N-methyl/N-ethyl adjacent to an activating group) is 1. The molecule has 0 aliphatic carbocycles. The van der Waals surface area contributed by atoms with Crippen molar-refractivity contribution in [2.45, 2.75) is 37.9 Å². The Morgan fingerprint density at radius 3 is 2.26 bits per heavy atom. The lowest BCUT2D eigenvalue weighted by molar-refractivity contribution is -0.127. The average Bonchev–Trinajstić information content (AvgIpc) is 3.23. The molecule has 5 heteroatoms. The van der Waals surface area contributed by atoms with Crippen molar-refractivity contribution in [1.29, 1.82) is 0 Å². The standard InChI is InChI=1S/C18H30N2O3/c1-3-18(21)20(15-17-9-7-13-23-17)11-5-4-10-19(2)14-16-8-6-12-22-16/h3-5,16-17H,1,6-15H2,2H3/b5-4+. The summed E-state index contributed by atoms with van der Waals surface area (Å²) in [5, 5.41) is 0. The summed E-state index contributed by atoms with van der Waals surface area (Å²) in [5.74, 6) is -0.0298. The van der Waals surface area contributed by atoms with Crippen molar-refractivity contribution in [3.05, 3.63) is 24.8 Å². The molecule has 2 saturated heterocycles. The summed E-state index contributed by atoms with van der Waals surface area (Å²) in [6.45, 7) is 8.40. The predicted molar refractivity (Wildman–Crippen MR) is 91.4 cm³/mol. The van der Waals surface area contributed by atoms with Crippen molar-refractivity contribution in [1.82, 2.24) is 9.80 Å². The SMILES string of the molecule is C=CC(=O)N(C/C=C/CN(C)CC1CCCO1)CC1CCCO1. The lowest BCUT2D eigenvalue weighted by Crippen LogP contribution is -2.36. The van der Waals surface area contributed by atoms with Crippen molar-refractivity contribution in [3.8, 4) is 0 Å². The van der Waals surface area contributed by atoms with E-state index in [1.54, 1.807) is 4.90 Å². The van der Waals surface area contributed by atoms with Crippen LogP contribution in [0.3, 0.4) is 0 Å². The quantitative estimate of drug-likeness (QED) is 0.480. The van der Waals surface area contributed by atoms with Crippen LogP contribution in [-0.4, -0.2) is 74.4 Å². The molecular formula is C18H30N2O3. The van der Waals surface area contributed by atoms with Crippen LogP contribution in [0, 0.1) is 0 Å². The Bertz CT molecular complexity index is 399. The second-order valence-electron chi connectivity index (χ2n) is 6.41. The van der Waals surface area contributed by atoms with Gasteiger partial charge in [0.15, 0.2) is 0 Å². The monoisotopic (exact) mass is 322 g/mol. The summed E-state index contributed by atoms with van der Waals surface area (Å²) in [6.07, 6.45) is 10.6. The Balaban J connectivity index is 1.70. The van der Waals surface area contributed by atoms with Crippen LogP contribution in [0.2, 0.25) is 0 Å². The van der Waals surface area contributed by atoms with Gasteiger partial charge in [0, 0.05) is 39.4 Å². The Labute approximate surface area is 139 Å². The van der Waals surface area contributed by atoms with Crippen LogP contribution in [0.4, 0.5) is 0 Å². The van der Waals surface area contributed by atoms with E-state index in [4.69, 9.17) is 9.47 Å². The number of hydrogen-bond acceptors (Lipinski definition) is 4. The van der Waals surface area contributed by atoms with E-state index < -0.39 is 0 Å². The molecule has 5 nitrogen and oxygen atoms in total. The Morgan fingerprint density at radius 2 is 1.70 bits per heavy atom. The van der Waals surface area contributed by atoms with E-state index in [0.717, 1.165) is 45.6 Å². The molecule has 0 radical (unpaired) electrons. The second-order valence-corrected chi connectivity index (χ2v) is 6.41. The van der Waals surface area contributed by atoms with E-state index in [2.05, 4.69) is 30.7 Å². The number of carbonyl (C=O) groups excluding carboxylic acids is 1. The lowest BCUT2D eigenvalue weighted by Gasteiger charge is -2.23. The highest BCUT2D eigenvalue weighted by Crippen LogP contribution is 2.14. The topological polar surface area (TPSA) is 42.0 Å². The fourth-order valence-corrected chi connectivity index (χ4v) is 3.08. The molecule has 2 rings (SSSR count). The van der Waals surface area contributed by atoms with Gasteiger partial charge in [0.25, 0.3) is 0 Å². The molecule has 2 fully saturated rings.